The van der Waals surface area contributed by atoms with E-state index in [4.69, 9.17) is 0 Å². The number of carbonyl (C=O) groups excluding carboxylic acids is 5. The number of benzene rings is 1. The van der Waals surface area contributed by atoms with Gasteiger partial charge in [0.2, 0.25) is 24.1 Å². The summed E-state index contributed by atoms with van der Waals surface area (Å²) >= 11 is 0. The first-order valence-electron chi connectivity index (χ1n) is 16.8. The summed E-state index contributed by atoms with van der Waals surface area (Å²) in [6.07, 6.45) is -3.50. The third kappa shape index (κ3) is 9.48. The fourth-order valence-electron chi connectivity index (χ4n) is 6.65. The SMILES string of the molecule is CC(C)[C@H](NC(=O)N[C@H](C(=O)N1C[C@H]2[C@@H]([C@H]1C(=O)N[C@@H](CC(F)F)C(=O)NCCc1ccc(C(=O)N(C)C)cc1)C2(C)C)C(C)(C)C)C(=O)O. The number of carboxylic acid groups (broad SMARTS) is 1. The molecule has 50 heavy (non-hydrogen) atoms. The molecule has 1 aromatic carbocycles. The number of alkyl halides is 2. The molecule has 0 bridgehead atoms. The number of rotatable bonds is 14. The lowest BCUT2D eigenvalue weighted by Crippen LogP contribution is -2.62. The number of aliphatic carboxylic acids is 1. The van der Waals surface area contributed by atoms with Crippen LogP contribution in [-0.4, -0.2) is 108 Å². The van der Waals surface area contributed by atoms with Gasteiger partial charge in [-0.05, 0) is 52.7 Å². The second-order valence-electron chi connectivity index (χ2n) is 15.5. The first-order chi connectivity index (χ1) is 23.1. The molecule has 3 rings (SSSR count). The molecule has 0 aromatic heterocycles. The van der Waals surface area contributed by atoms with Gasteiger partial charge in [0.25, 0.3) is 5.91 Å². The summed E-state index contributed by atoms with van der Waals surface area (Å²) in [4.78, 5) is 80.6. The third-order valence-corrected chi connectivity index (χ3v) is 9.73. The van der Waals surface area contributed by atoms with Crippen molar-refractivity contribution in [3.8, 4) is 0 Å². The van der Waals surface area contributed by atoms with E-state index >= 15 is 0 Å². The molecule has 5 N–H and O–H groups in total. The summed E-state index contributed by atoms with van der Waals surface area (Å²) in [7, 11) is 3.28. The monoisotopic (exact) mass is 706 g/mol. The third-order valence-electron chi connectivity index (χ3n) is 9.73. The quantitative estimate of drug-likeness (QED) is 0.197. The molecule has 0 spiro atoms. The Balaban J connectivity index is 1.74. The number of hydrogen-bond acceptors (Lipinski definition) is 6. The number of fused-ring (bicyclic) bond motifs is 1. The lowest BCUT2D eigenvalue weighted by atomic mass is 9.85. The van der Waals surface area contributed by atoms with Gasteiger partial charge in [0.15, 0.2) is 0 Å². The van der Waals surface area contributed by atoms with Gasteiger partial charge in [0, 0.05) is 39.2 Å². The van der Waals surface area contributed by atoms with Crippen LogP contribution in [0.3, 0.4) is 0 Å². The number of likely N-dealkylation sites (tertiary alicyclic amines) is 1. The molecule has 1 heterocycles. The number of carboxylic acids is 1. The maximum atomic E-state index is 14.1. The summed E-state index contributed by atoms with van der Waals surface area (Å²) in [5.74, 6) is -4.35. The first-order valence-corrected chi connectivity index (χ1v) is 16.8. The minimum atomic E-state index is -2.91. The van der Waals surface area contributed by atoms with Crippen molar-refractivity contribution < 1.29 is 42.7 Å². The number of hydrogen-bond donors (Lipinski definition) is 5. The molecule has 0 unspecified atom stereocenters. The predicted molar refractivity (Wildman–Crippen MR) is 181 cm³/mol. The molecular formula is C35H52F2N6O7. The highest BCUT2D eigenvalue weighted by Gasteiger charge is 2.70. The number of carbonyl (C=O) groups is 6. The van der Waals surface area contributed by atoms with Gasteiger partial charge in [-0.15, -0.1) is 0 Å². The topological polar surface area (TPSA) is 177 Å². The van der Waals surface area contributed by atoms with Crippen LogP contribution in [0.25, 0.3) is 0 Å². The minimum absolute atomic E-state index is 0.0734. The van der Waals surface area contributed by atoms with Gasteiger partial charge in [0.1, 0.15) is 24.2 Å². The molecule has 1 aliphatic carbocycles. The highest BCUT2D eigenvalue weighted by molar-refractivity contribution is 5.96. The fourth-order valence-corrected chi connectivity index (χ4v) is 6.65. The molecule has 2 fully saturated rings. The Kier molecular flexibility index (Phi) is 12.6. The Morgan fingerprint density at radius 3 is 2.10 bits per heavy atom. The van der Waals surface area contributed by atoms with E-state index in [2.05, 4.69) is 21.3 Å². The number of amides is 6. The molecule has 6 amide bonds. The largest absolute Gasteiger partial charge is 0.480 e. The summed E-state index contributed by atoms with van der Waals surface area (Å²) in [5.41, 5.74) is 0.0959. The predicted octanol–water partition coefficient (Wildman–Crippen LogP) is 2.49. The van der Waals surface area contributed by atoms with Crippen molar-refractivity contribution in [2.45, 2.75) is 91.9 Å². The standard InChI is InChI=1S/C35H52F2N6O7/c1-18(2)25(32(48)49)40-33(50)41-27(34(3,4)5)31(47)43-17-21-24(35(21,6)7)26(43)29(45)39-22(16-23(36)37)28(44)38-15-14-19-10-12-20(13-11-19)30(46)42(8)9/h10-13,18,21-27H,14-17H2,1-9H3,(H,38,44)(H,39,45)(H,48,49)(H2,40,41,50)/t21-,22-,24-,25-,26-,27+/m0/s1. The molecule has 1 aromatic rings. The molecule has 278 valence electrons. The maximum absolute atomic E-state index is 14.1. The van der Waals surface area contributed by atoms with Crippen LogP contribution in [-0.2, 0) is 25.6 Å². The first kappa shape index (κ1) is 40.1. The highest BCUT2D eigenvalue weighted by atomic mass is 19.3. The Labute approximate surface area is 292 Å². The Bertz CT molecular complexity index is 1440. The molecule has 13 nitrogen and oxygen atoms in total. The average Bonchev–Trinajstić information content (AvgIpc) is 3.31. The van der Waals surface area contributed by atoms with Crippen LogP contribution in [0.2, 0.25) is 0 Å². The van der Waals surface area contributed by atoms with Gasteiger partial charge < -0.3 is 36.2 Å². The van der Waals surface area contributed by atoms with Crippen molar-refractivity contribution in [2.75, 3.05) is 27.2 Å². The average molecular weight is 707 g/mol. The summed E-state index contributed by atoms with van der Waals surface area (Å²) in [6.45, 7) is 12.5. The Morgan fingerprint density at radius 1 is 1.00 bits per heavy atom. The van der Waals surface area contributed by atoms with E-state index in [1.165, 1.54) is 9.80 Å². The molecule has 6 atom stereocenters. The van der Waals surface area contributed by atoms with E-state index < -0.39 is 78.1 Å². The molecular weight excluding hydrogens is 654 g/mol. The summed E-state index contributed by atoms with van der Waals surface area (Å²) in [5, 5.41) is 19.6. The van der Waals surface area contributed by atoms with Gasteiger partial charge >= 0.3 is 12.0 Å². The van der Waals surface area contributed by atoms with Crippen molar-refractivity contribution in [1.82, 2.24) is 31.1 Å². The maximum Gasteiger partial charge on any atom is 0.326 e. The number of nitrogens with one attached hydrogen (secondary N) is 4. The highest BCUT2D eigenvalue weighted by Crippen LogP contribution is 2.65. The zero-order chi connectivity index (χ0) is 37.9. The molecule has 0 radical (unpaired) electrons. The smallest absolute Gasteiger partial charge is 0.326 e. The fraction of sp³-hybridized carbons (Fsp3) is 0.657. The zero-order valence-corrected chi connectivity index (χ0v) is 30.3. The second kappa shape index (κ2) is 15.7. The summed E-state index contributed by atoms with van der Waals surface area (Å²) in [6, 6.07) is 0.880. The normalized spacial score (nSPS) is 21.1. The Morgan fingerprint density at radius 2 is 1.60 bits per heavy atom. The van der Waals surface area contributed by atoms with Crippen molar-refractivity contribution in [1.29, 1.82) is 0 Å². The van der Waals surface area contributed by atoms with E-state index in [0.29, 0.717) is 12.0 Å². The number of piperidine rings is 1. The number of urea groups is 1. The number of halogens is 2. The Hall–Kier alpha value is -4.30. The molecule has 2 aliphatic rings. The lowest BCUT2D eigenvalue weighted by Gasteiger charge is -2.38. The minimum Gasteiger partial charge on any atom is -0.480 e. The van der Waals surface area contributed by atoms with Crippen molar-refractivity contribution in [2.24, 2.45) is 28.6 Å². The number of nitrogens with zero attached hydrogens (tertiary/aromatic N) is 2. The van der Waals surface area contributed by atoms with Gasteiger partial charge in [-0.3, -0.25) is 19.2 Å². The van der Waals surface area contributed by atoms with Crippen LogP contribution in [0.15, 0.2) is 24.3 Å². The van der Waals surface area contributed by atoms with E-state index in [1.54, 1.807) is 73.0 Å². The van der Waals surface area contributed by atoms with Crippen molar-refractivity contribution in [3.63, 3.8) is 0 Å². The zero-order valence-electron chi connectivity index (χ0n) is 30.3. The van der Waals surface area contributed by atoms with Crippen LogP contribution in [0.4, 0.5) is 13.6 Å². The summed E-state index contributed by atoms with van der Waals surface area (Å²) < 4.78 is 27.3. The molecule has 1 saturated carbocycles. The van der Waals surface area contributed by atoms with E-state index in [9.17, 15) is 42.7 Å². The van der Waals surface area contributed by atoms with Crippen LogP contribution in [0, 0.1) is 28.6 Å². The molecule has 15 heteroatoms. The van der Waals surface area contributed by atoms with E-state index in [1.807, 2.05) is 13.8 Å². The van der Waals surface area contributed by atoms with Gasteiger partial charge in [-0.1, -0.05) is 60.6 Å². The van der Waals surface area contributed by atoms with Crippen LogP contribution in [0.5, 0.6) is 0 Å². The lowest BCUT2D eigenvalue weighted by molar-refractivity contribution is -0.144. The van der Waals surface area contributed by atoms with E-state index in [-0.39, 0.29) is 36.2 Å². The molecule has 1 aliphatic heterocycles. The van der Waals surface area contributed by atoms with E-state index in [0.717, 1.165) is 5.56 Å². The van der Waals surface area contributed by atoms with Gasteiger partial charge in [0.05, 0.1) is 0 Å². The van der Waals surface area contributed by atoms with Crippen molar-refractivity contribution >= 4 is 35.6 Å². The molecule has 1 saturated heterocycles. The van der Waals surface area contributed by atoms with Crippen molar-refractivity contribution in [3.05, 3.63) is 35.4 Å². The van der Waals surface area contributed by atoms with Gasteiger partial charge in [-0.2, -0.15) is 0 Å². The van der Waals surface area contributed by atoms with Crippen LogP contribution >= 0.6 is 0 Å². The van der Waals surface area contributed by atoms with Crippen LogP contribution < -0.4 is 21.3 Å². The van der Waals surface area contributed by atoms with Gasteiger partial charge in [-0.25, -0.2) is 18.4 Å². The second-order valence-corrected chi connectivity index (χ2v) is 15.5. The van der Waals surface area contributed by atoms with Crippen LogP contribution in [0.1, 0.15) is 70.8 Å².